The second kappa shape index (κ2) is 15.6. The Morgan fingerprint density at radius 2 is 0.622 bits per heavy atom. The topological polar surface area (TPSA) is 348 Å². The fourth-order valence-electron chi connectivity index (χ4n) is 5.23. The van der Waals surface area contributed by atoms with Crippen LogP contribution in [0.3, 0.4) is 0 Å². The molecule has 0 saturated carbocycles. The van der Waals surface area contributed by atoms with Gasteiger partial charge in [0.15, 0.2) is 25.2 Å². The summed E-state index contributed by atoms with van der Waals surface area (Å²) in [5.41, 5.74) is 0. The number of hydrogen-bond donors (Lipinski definition) is 14. The van der Waals surface area contributed by atoms with Gasteiger partial charge in [-0.25, -0.2) is 0 Å². The lowest BCUT2D eigenvalue weighted by atomic mass is 9.98. The first kappa shape index (κ1) is 37.0. The molecule has 4 fully saturated rings. The molecule has 0 aliphatic carbocycles. The Labute approximate surface area is 254 Å². The minimum Gasteiger partial charge on any atom is -0.394 e. The monoisotopic (exact) mass is 666 g/mol. The van der Waals surface area contributed by atoms with Crippen molar-refractivity contribution in [3.05, 3.63) is 0 Å². The van der Waals surface area contributed by atoms with Gasteiger partial charge >= 0.3 is 0 Å². The van der Waals surface area contributed by atoms with Gasteiger partial charge in [0.05, 0.1) is 26.4 Å². The van der Waals surface area contributed by atoms with Gasteiger partial charge in [-0.05, 0) is 0 Å². The van der Waals surface area contributed by atoms with Crippen LogP contribution in [0.25, 0.3) is 0 Å². The molecule has 0 bridgehead atoms. The predicted octanol–water partition coefficient (Wildman–Crippen LogP) is -9.75. The molecule has 4 saturated heterocycles. The number of aliphatic hydroxyl groups is 14. The lowest BCUT2D eigenvalue weighted by Crippen LogP contribution is -2.63. The van der Waals surface area contributed by atoms with Crippen molar-refractivity contribution in [2.45, 2.75) is 123 Å². The molecule has 20 atom stereocenters. The van der Waals surface area contributed by atoms with Gasteiger partial charge in [-0.2, -0.15) is 0 Å². The molecule has 264 valence electrons. The van der Waals surface area contributed by atoms with E-state index in [0.717, 1.165) is 0 Å². The zero-order chi connectivity index (χ0) is 33.3. The van der Waals surface area contributed by atoms with Gasteiger partial charge in [-0.15, -0.1) is 0 Å². The maximum atomic E-state index is 10.4. The average molecular weight is 667 g/mol. The van der Waals surface area contributed by atoms with Crippen LogP contribution < -0.4 is 0 Å². The maximum Gasteiger partial charge on any atom is 0.186 e. The normalized spacial score (nSPS) is 52.9. The second-order valence-corrected chi connectivity index (χ2v) is 11.3. The van der Waals surface area contributed by atoms with Crippen LogP contribution in [0.15, 0.2) is 0 Å². The van der Waals surface area contributed by atoms with Crippen LogP contribution in [0.2, 0.25) is 0 Å². The van der Waals surface area contributed by atoms with Gasteiger partial charge in [0.1, 0.15) is 97.7 Å². The Kier molecular flexibility index (Phi) is 12.8. The smallest absolute Gasteiger partial charge is 0.186 e. The quantitative estimate of drug-likeness (QED) is 0.103. The van der Waals surface area contributed by atoms with Gasteiger partial charge in [0.2, 0.25) is 0 Å². The maximum absolute atomic E-state index is 10.4. The molecule has 0 aromatic carbocycles. The summed E-state index contributed by atoms with van der Waals surface area (Å²) in [6.45, 7) is -2.67. The molecular weight excluding hydrogens is 624 g/mol. The fourth-order valence-corrected chi connectivity index (χ4v) is 5.23. The third-order valence-corrected chi connectivity index (χ3v) is 8.15. The van der Waals surface area contributed by atoms with E-state index in [1.165, 1.54) is 0 Å². The molecule has 4 aliphatic heterocycles. The molecule has 0 radical (unpaired) electrons. The summed E-state index contributed by atoms with van der Waals surface area (Å²) in [7, 11) is 0. The van der Waals surface area contributed by atoms with E-state index in [0.29, 0.717) is 0 Å². The SMILES string of the molecule is OC[C@H]1O[C@H](OC[C@H]2O[C@H](OC[C@H]3O[C@H](OC[C@H]4O[C@@H](O)[C@H](O)[C@@H](O)[C@H]4O)[C@H](O)[C@@H](O)[C@H]3O)[C@H](O)[C@@H](O)[C@H]2O)[C@H](O)[C@@H](O)[C@H]1O. The molecule has 14 N–H and O–H groups in total. The van der Waals surface area contributed by atoms with Crippen LogP contribution in [-0.4, -0.2) is 221 Å². The highest BCUT2D eigenvalue weighted by Gasteiger charge is 2.50. The van der Waals surface area contributed by atoms with Crippen LogP contribution in [0.1, 0.15) is 0 Å². The Morgan fingerprint density at radius 1 is 0.333 bits per heavy atom. The van der Waals surface area contributed by atoms with Crippen molar-refractivity contribution in [1.29, 1.82) is 0 Å². The van der Waals surface area contributed by atoms with Crippen LogP contribution in [-0.2, 0) is 33.2 Å². The Bertz CT molecular complexity index is 916. The van der Waals surface area contributed by atoms with E-state index in [9.17, 15) is 71.5 Å². The van der Waals surface area contributed by atoms with Gasteiger partial charge < -0.3 is 105 Å². The van der Waals surface area contributed by atoms with Gasteiger partial charge in [-0.3, -0.25) is 0 Å². The first-order chi connectivity index (χ1) is 21.2. The third kappa shape index (κ3) is 7.91. The van der Waals surface area contributed by atoms with Crippen LogP contribution in [0.5, 0.6) is 0 Å². The Balaban J connectivity index is 1.33. The largest absolute Gasteiger partial charge is 0.394 e. The van der Waals surface area contributed by atoms with E-state index in [1.54, 1.807) is 0 Å². The molecule has 4 heterocycles. The number of aliphatic hydroxyl groups excluding tert-OH is 14. The number of hydrogen-bond acceptors (Lipinski definition) is 21. The summed E-state index contributed by atoms with van der Waals surface area (Å²) < 4.78 is 37.2. The summed E-state index contributed by atoms with van der Waals surface area (Å²) in [5.74, 6) is 0. The minimum absolute atomic E-state index is 0.633. The molecule has 21 nitrogen and oxygen atoms in total. The van der Waals surface area contributed by atoms with E-state index in [1.807, 2.05) is 0 Å². The molecule has 0 unspecified atom stereocenters. The molecule has 4 rings (SSSR count). The summed E-state index contributed by atoms with van der Waals surface area (Å²) in [6.07, 6.45) is -34.1. The molecule has 0 aromatic rings. The summed E-state index contributed by atoms with van der Waals surface area (Å²) in [6, 6.07) is 0. The number of ether oxygens (including phenoxy) is 7. The standard InChI is InChI=1S/C24H42O21/c25-1-5-9(26)14(31)18(35)22(43-5)40-3-7-11(28)16(33)20(37)24(45-7)41-4-8-12(29)15(32)19(36)23(44-8)39-2-6-10(27)13(30)17(34)21(38)42-6/h5-38H,1-4H2/t5-,6-,7-,8-,9+,10+,11+,12+,13+,14+,15+,16+,17-,18-,19-,20-,21-,22+,23+,24+/m1/s1. The molecule has 0 spiro atoms. The lowest BCUT2D eigenvalue weighted by molar-refractivity contribution is -0.346. The van der Waals surface area contributed by atoms with E-state index >= 15 is 0 Å². The highest BCUT2D eigenvalue weighted by molar-refractivity contribution is 4.94. The molecule has 4 aliphatic rings. The summed E-state index contributed by atoms with van der Waals surface area (Å²) >= 11 is 0. The molecular formula is C24H42O21. The highest BCUT2D eigenvalue weighted by Crippen LogP contribution is 2.29. The zero-order valence-electron chi connectivity index (χ0n) is 23.5. The van der Waals surface area contributed by atoms with Crippen molar-refractivity contribution in [2.24, 2.45) is 0 Å². The van der Waals surface area contributed by atoms with Crippen molar-refractivity contribution in [2.75, 3.05) is 26.4 Å². The molecule has 0 aromatic heterocycles. The van der Waals surface area contributed by atoms with E-state index in [4.69, 9.17) is 33.2 Å². The van der Waals surface area contributed by atoms with E-state index in [2.05, 4.69) is 0 Å². The Hall–Kier alpha value is -0.840. The van der Waals surface area contributed by atoms with Gasteiger partial charge in [0, 0.05) is 0 Å². The first-order valence-corrected chi connectivity index (χ1v) is 14.1. The van der Waals surface area contributed by atoms with Crippen molar-refractivity contribution < 1.29 is 105 Å². The van der Waals surface area contributed by atoms with Crippen molar-refractivity contribution in [1.82, 2.24) is 0 Å². The molecule has 0 amide bonds. The van der Waals surface area contributed by atoms with Crippen LogP contribution in [0.4, 0.5) is 0 Å². The molecule has 45 heavy (non-hydrogen) atoms. The van der Waals surface area contributed by atoms with Crippen molar-refractivity contribution in [3.63, 3.8) is 0 Å². The highest BCUT2D eigenvalue weighted by atomic mass is 16.7. The summed E-state index contributed by atoms with van der Waals surface area (Å²) in [5, 5.41) is 141. The molecule has 21 heteroatoms. The number of rotatable bonds is 10. The third-order valence-electron chi connectivity index (χ3n) is 8.15. The van der Waals surface area contributed by atoms with Crippen LogP contribution in [0, 0.1) is 0 Å². The Morgan fingerprint density at radius 3 is 0.978 bits per heavy atom. The van der Waals surface area contributed by atoms with Gasteiger partial charge in [0.25, 0.3) is 0 Å². The predicted molar refractivity (Wildman–Crippen MR) is 134 cm³/mol. The van der Waals surface area contributed by atoms with E-state index < -0.39 is 149 Å². The lowest BCUT2D eigenvalue weighted by Gasteiger charge is -2.44. The second-order valence-electron chi connectivity index (χ2n) is 11.3. The van der Waals surface area contributed by atoms with Crippen molar-refractivity contribution in [3.8, 4) is 0 Å². The zero-order valence-corrected chi connectivity index (χ0v) is 23.5. The van der Waals surface area contributed by atoms with Crippen LogP contribution >= 0.6 is 0 Å². The minimum atomic E-state index is -1.88. The average Bonchev–Trinajstić information content (AvgIpc) is 3.02. The fraction of sp³-hybridized carbons (Fsp3) is 1.00. The van der Waals surface area contributed by atoms with Crippen molar-refractivity contribution >= 4 is 0 Å². The first-order valence-electron chi connectivity index (χ1n) is 14.1. The van der Waals surface area contributed by atoms with E-state index in [-0.39, 0.29) is 0 Å². The van der Waals surface area contributed by atoms with Gasteiger partial charge in [-0.1, -0.05) is 0 Å². The summed E-state index contributed by atoms with van der Waals surface area (Å²) in [4.78, 5) is 0.